The molecule has 0 spiro atoms. The molecule has 2 amide bonds. The van der Waals surface area contributed by atoms with E-state index in [9.17, 15) is 9.59 Å². The summed E-state index contributed by atoms with van der Waals surface area (Å²) >= 11 is 0. The zero-order chi connectivity index (χ0) is 21.3. The number of anilines is 1. The van der Waals surface area contributed by atoms with Crippen molar-refractivity contribution in [1.82, 2.24) is 15.8 Å². The maximum atomic E-state index is 12.9. The molecule has 0 aliphatic carbocycles. The van der Waals surface area contributed by atoms with Gasteiger partial charge in [-0.1, -0.05) is 6.07 Å². The Morgan fingerprint density at radius 2 is 1.87 bits per heavy atom. The predicted molar refractivity (Wildman–Crippen MR) is 111 cm³/mol. The van der Waals surface area contributed by atoms with Crippen molar-refractivity contribution < 1.29 is 19.5 Å². The van der Waals surface area contributed by atoms with E-state index in [4.69, 9.17) is 9.94 Å². The van der Waals surface area contributed by atoms with Crippen molar-refractivity contribution in [2.45, 2.75) is 50.7 Å². The molecule has 3 N–H and O–H groups in total. The van der Waals surface area contributed by atoms with Gasteiger partial charge < -0.3 is 15.0 Å². The zero-order valence-electron chi connectivity index (χ0n) is 17.1. The number of benzene rings is 1. The third kappa shape index (κ3) is 3.70. The summed E-state index contributed by atoms with van der Waals surface area (Å²) < 4.78 is 5.33. The van der Waals surface area contributed by atoms with Gasteiger partial charge in [0, 0.05) is 35.4 Å². The highest BCUT2D eigenvalue weighted by atomic mass is 16.5. The van der Waals surface area contributed by atoms with Gasteiger partial charge >= 0.3 is 0 Å². The molecule has 1 aromatic heterocycles. The van der Waals surface area contributed by atoms with E-state index in [2.05, 4.69) is 15.2 Å². The summed E-state index contributed by atoms with van der Waals surface area (Å²) in [6.07, 6.45) is 5.28. The van der Waals surface area contributed by atoms with Crippen molar-refractivity contribution in [2.24, 2.45) is 0 Å². The standard InChI is InChI=1S/C22H26N4O4/c1-13-18(4-3-5-19(13)30-2)22(28)24-15-10-16-7-8-17(11-15)26(16)20-9-6-14(12-23-20)21(27)25-29/h3-6,9,12,15-17,29H,7-8,10-11H2,1-2H3,(H,24,28)(H,25,27)/t15?,16-,17+. The number of amides is 2. The second kappa shape index (κ2) is 8.31. The summed E-state index contributed by atoms with van der Waals surface area (Å²) in [4.78, 5) is 31.1. The number of nitrogens with zero attached hydrogens (tertiary/aromatic N) is 2. The van der Waals surface area contributed by atoms with Crippen molar-refractivity contribution >= 4 is 17.6 Å². The van der Waals surface area contributed by atoms with Gasteiger partial charge in [-0.3, -0.25) is 14.8 Å². The lowest BCUT2D eigenvalue weighted by Gasteiger charge is -2.40. The number of methoxy groups -OCH3 is 1. The Balaban J connectivity index is 1.44. The van der Waals surface area contributed by atoms with E-state index in [0.717, 1.165) is 37.1 Å². The Hall–Kier alpha value is -3.13. The van der Waals surface area contributed by atoms with Crippen LogP contribution in [0.25, 0.3) is 0 Å². The van der Waals surface area contributed by atoms with Crippen LogP contribution in [0, 0.1) is 6.92 Å². The Morgan fingerprint density at radius 3 is 2.47 bits per heavy atom. The normalized spacial score (nSPS) is 22.5. The van der Waals surface area contributed by atoms with E-state index in [1.807, 2.05) is 31.2 Å². The van der Waals surface area contributed by atoms with Crippen LogP contribution in [0.2, 0.25) is 0 Å². The minimum absolute atomic E-state index is 0.0678. The summed E-state index contributed by atoms with van der Waals surface area (Å²) in [6, 6.07) is 9.69. The SMILES string of the molecule is COc1cccc(C(=O)NC2C[C@H]3CC[C@@H](C2)N3c2ccc(C(=O)NO)cn2)c1C. The van der Waals surface area contributed by atoms with Crippen molar-refractivity contribution in [3.63, 3.8) is 0 Å². The topological polar surface area (TPSA) is 104 Å². The number of hydrogen-bond acceptors (Lipinski definition) is 6. The van der Waals surface area contributed by atoms with E-state index in [1.165, 1.54) is 6.20 Å². The molecule has 8 nitrogen and oxygen atoms in total. The fraction of sp³-hybridized carbons (Fsp3) is 0.409. The Kier molecular flexibility index (Phi) is 5.59. The number of fused-ring (bicyclic) bond motifs is 2. The Bertz CT molecular complexity index is 933. The van der Waals surface area contributed by atoms with Gasteiger partial charge in [0.05, 0.1) is 12.7 Å². The van der Waals surface area contributed by atoms with Crippen LogP contribution >= 0.6 is 0 Å². The molecule has 1 unspecified atom stereocenters. The molecule has 2 aliphatic rings. The number of rotatable bonds is 5. The van der Waals surface area contributed by atoms with Gasteiger partial charge in [0.1, 0.15) is 11.6 Å². The Morgan fingerprint density at radius 1 is 1.13 bits per heavy atom. The maximum absolute atomic E-state index is 12.9. The number of carbonyl (C=O) groups excluding carboxylic acids is 2. The average Bonchev–Trinajstić information content (AvgIpc) is 3.03. The first-order valence-electron chi connectivity index (χ1n) is 10.1. The van der Waals surface area contributed by atoms with Gasteiger partial charge in [-0.05, 0) is 56.9 Å². The summed E-state index contributed by atoms with van der Waals surface area (Å²) in [5.74, 6) is 0.889. The van der Waals surface area contributed by atoms with E-state index in [-0.39, 0.29) is 11.9 Å². The lowest BCUT2D eigenvalue weighted by molar-refractivity contribution is 0.0706. The zero-order valence-corrected chi connectivity index (χ0v) is 17.1. The number of aromatic nitrogens is 1. The molecule has 2 aliphatic heterocycles. The first kappa shape index (κ1) is 20.2. The van der Waals surface area contributed by atoms with Crippen LogP contribution in [0.5, 0.6) is 5.75 Å². The molecule has 30 heavy (non-hydrogen) atoms. The number of piperidine rings is 1. The number of carbonyl (C=O) groups is 2. The molecule has 2 fully saturated rings. The number of pyridine rings is 1. The molecular formula is C22H26N4O4. The van der Waals surface area contributed by atoms with E-state index in [1.54, 1.807) is 18.7 Å². The third-order valence-corrected chi connectivity index (χ3v) is 6.19. The monoisotopic (exact) mass is 410 g/mol. The fourth-order valence-corrected chi connectivity index (χ4v) is 4.75. The van der Waals surface area contributed by atoms with Crippen LogP contribution in [0.3, 0.4) is 0 Å². The fourth-order valence-electron chi connectivity index (χ4n) is 4.75. The molecule has 8 heteroatoms. The molecule has 1 aromatic carbocycles. The molecule has 3 heterocycles. The molecular weight excluding hydrogens is 384 g/mol. The van der Waals surface area contributed by atoms with Crippen LogP contribution in [-0.2, 0) is 0 Å². The van der Waals surface area contributed by atoms with Gasteiger partial charge in [0.25, 0.3) is 11.8 Å². The van der Waals surface area contributed by atoms with Crippen LogP contribution in [0.1, 0.15) is 52.0 Å². The Labute approximate surface area is 175 Å². The summed E-state index contributed by atoms with van der Waals surface area (Å²) in [5, 5.41) is 12.0. The minimum atomic E-state index is -0.578. The molecule has 2 saturated heterocycles. The van der Waals surface area contributed by atoms with E-state index >= 15 is 0 Å². The smallest absolute Gasteiger partial charge is 0.276 e. The van der Waals surface area contributed by atoms with Crippen molar-refractivity contribution in [3.05, 3.63) is 53.2 Å². The predicted octanol–water partition coefficient (Wildman–Crippen LogP) is 2.45. The summed E-state index contributed by atoms with van der Waals surface area (Å²) in [5.41, 5.74) is 3.41. The average molecular weight is 410 g/mol. The van der Waals surface area contributed by atoms with Crippen LogP contribution in [-0.4, -0.2) is 47.2 Å². The molecule has 2 bridgehead atoms. The molecule has 0 saturated carbocycles. The first-order chi connectivity index (χ1) is 14.5. The first-order valence-corrected chi connectivity index (χ1v) is 10.1. The number of hydroxylamine groups is 1. The van der Waals surface area contributed by atoms with Gasteiger partial charge in [-0.25, -0.2) is 10.5 Å². The number of ether oxygens (including phenoxy) is 1. The summed E-state index contributed by atoms with van der Waals surface area (Å²) in [6.45, 7) is 1.90. The minimum Gasteiger partial charge on any atom is -0.496 e. The van der Waals surface area contributed by atoms with Crippen LogP contribution in [0.4, 0.5) is 5.82 Å². The quantitative estimate of drug-likeness (QED) is 0.517. The van der Waals surface area contributed by atoms with Crippen molar-refractivity contribution in [2.75, 3.05) is 12.0 Å². The van der Waals surface area contributed by atoms with Crippen molar-refractivity contribution in [1.29, 1.82) is 0 Å². The molecule has 0 radical (unpaired) electrons. The molecule has 3 atom stereocenters. The number of nitrogens with one attached hydrogen (secondary N) is 2. The summed E-state index contributed by atoms with van der Waals surface area (Å²) in [7, 11) is 1.61. The van der Waals surface area contributed by atoms with E-state index in [0.29, 0.717) is 29.0 Å². The molecule has 2 aromatic rings. The second-order valence-corrected chi connectivity index (χ2v) is 7.91. The van der Waals surface area contributed by atoms with Gasteiger partial charge in [-0.15, -0.1) is 0 Å². The second-order valence-electron chi connectivity index (χ2n) is 7.91. The highest BCUT2D eigenvalue weighted by molar-refractivity contribution is 5.96. The lowest BCUT2D eigenvalue weighted by Crippen LogP contribution is -2.50. The maximum Gasteiger partial charge on any atom is 0.276 e. The molecule has 4 rings (SSSR count). The highest BCUT2D eigenvalue weighted by Crippen LogP contribution is 2.38. The highest BCUT2D eigenvalue weighted by Gasteiger charge is 2.41. The largest absolute Gasteiger partial charge is 0.496 e. The molecule has 158 valence electrons. The third-order valence-electron chi connectivity index (χ3n) is 6.19. The van der Waals surface area contributed by atoms with E-state index < -0.39 is 5.91 Å². The lowest BCUT2D eigenvalue weighted by atomic mass is 9.96. The van der Waals surface area contributed by atoms with Crippen LogP contribution < -0.4 is 20.4 Å². The van der Waals surface area contributed by atoms with Gasteiger partial charge in [0.2, 0.25) is 0 Å². The van der Waals surface area contributed by atoms with Crippen molar-refractivity contribution in [3.8, 4) is 5.75 Å². The number of hydrogen-bond donors (Lipinski definition) is 3. The van der Waals surface area contributed by atoms with Crippen LogP contribution in [0.15, 0.2) is 36.5 Å². The van der Waals surface area contributed by atoms with Gasteiger partial charge in [-0.2, -0.15) is 0 Å². The van der Waals surface area contributed by atoms with Gasteiger partial charge in [0.15, 0.2) is 0 Å².